The Labute approximate surface area is 93.2 Å². The molecule has 0 bridgehead atoms. The maximum absolute atomic E-state index is 5.87. The number of hydrogen-bond donors (Lipinski definition) is 1. The average molecular weight is 309 g/mol. The largest absolute Gasteiger partial charge is 0.383 e. The van der Waals surface area contributed by atoms with Crippen molar-refractivity contribution in [1.29, 1.82) is 0 Å². The highest BCUT2D eigenvalue weighted by Crippen LogP contribution is 2.22. The van der Waals surface area contributed by atoms with Gasteiger partial charge in [-0.15, -0.1) is 0 Å². The van der Waals surface area contributed by atoms with Gasteiger partial charge in [-0.1, -0.05) is 11.6 Å². The summed E-state index contributed by atoms with van der Waals surface area (Å²) in [6.07, 6.45) is 1.54. The quantitative estimate of drug-likeness (QED) is 0.756. The number of rotatable bonds is 0. The third-order valence-corrected chi connectivity index (χ3v) is 3.34. The molecule has 0 aliphatic carbocycles. The maximum atomic E-state index is 5.87. The lowest BCUT2D eigenvalue weighted by atomic mass is 10.4. The first-order valence-corrected chi connectivity index (χ1v) is 5.01. The molecule has 4 nitrogen and oxygen atoms in total. The topological polar surface area (TPSA) is 56.2 Å². The van der Waals surface area contributed by atoms with E-state index in [4.69, 9.17) is 17.3 Å². The predicted molar refractivity (Wildman–Crippen MR) is 59.9 cm³/mol. The molecule has 2 N–H and O–H groups in total. The maximum Gasteiger partial charge on any atom is 0.176 e. The van der Waals surface area contributed by atoms with Crippen molar-refractivity contribution in [3.8, 4) is 0 Å². The molecule has 0 atom stereocenters. The molecule has 6 heteroatoms. The zero-order chi connectivity index (χ0) is 9.59. The summed E-state index contributed by atoms with van der Waals surface area (Å²) in [4.78, 5) is 4.28. The second-order valence-corrected chi connectivity index (χ2v) is 4.11. The third kappa shape index (κ3) is 1.26. The Kier molecular flexibility index (Phi) is 2.07. The van der Waals surface area contributed by atoms with Crippen LogP contribution >= 0.6 is 34.2 Å². The Hall–Kier alpha value is -0.560. The smallest absolute Gasteiger partial charge is 0.176 e. The summed E-state index contributed by atoms with van der Waals surface area (Å²) in [6, 6.07) is 0. The van der Waals surface area contributed by atoms with Crippen LogP contribution in [0.25, 0.3) is 5.65 Å². The summed E-state index contributed by atoms with van der Waals surface area (Å²) >= 11 is 8.00. The van der Waals surface area contributed by atoms with Crippen molar-refractivity contribution in [2.24, 2.45) is 0 Å². The number of nitrogen functional groups attached to an aromatic ring is 1. The molecule has 2 heterocycles. The monoisotopic (exact) mass is 308 g/mol. The fourth-order valence-corrected chi connectivity index (χ4v) is 1.60. The van der Waals surface area contributed by atoms with Crippen molar-refractivity contribution in [2.45, 2.75) is 6.92 Å². The number of nitrogens with zero attached hydrogens (tertiary/aromatic N) is 3. The number of aromatic nitrogens is 3. The Morgan fingerprint density at radius 3 is 3.00 bits per heavy atom. The van der Waals surface area contributed by atoms with Crippen molar-refractivity contribution in [1.82, 2.24) is 14.6 Å². The van der Waals surface area contributed by atoms with Crippen LogP contribution in [0.2, 0.25) is 5.02 Å². The Balaban J connectivity index is 2.96. The van der Waals surface area contributed by atoms with Crippen LogP contribution in [-0.4, -0.2) is 14.6 Å². The lowest BCUT2D eigenvalue weighted by Crippen LogP contribution is -2.05. The van der Waals surface area contributed by atoms with Crippen LogP contribution in [0.15, 0.2) is 6.20 Å². The molecule has 0 saturated heterocycles. The van der Waals surface area contributed by atoms with Gasteiger partial charge in [-0.3, -0.25) is 0 Å². The Morgan fingerprint density at radius 2 is 2.31 bits per heavy atom. The number of fused-ring (bicyclic) bond motifs is 1. The van der Waals surface area contributed by atoms with Crippen molar-refractivity contribution < 1.29 is 0 Å². The first-order chi connectivity index (χ1) is 6.11. The van der Waals surface area contributed by atoms with E-state index in [9.17, 15) is 0 Å². The van der Waals surface area contributed by atoms with Gasteiger partial charge in [-0.2, -0.15) is 9.61 Å². The van der Waals surface area contributed by atoms with Crippen LogP contribution in [0.1, 0.15) is 5.69 Å². The minimum absolute atomic E-state index is 0.520. The van der Waals surface area contributed by atoms with E-state index >= 15 is 0 Å². The highest BCUT2D eigenvalue weighted by Gasteiger charge is 2.10. The molecular weight excluding hydrogens is 302 g/mol. The van der Waals surface area contributed by atoms with Gasteiger partial charge in [-0.25, -0.2) is 4.98 Å². The van der Waals surface area contributed by atoms with E-state index in [1.807, 2.05) is 6.92 Å². The minimum Gasteiger partial charge on any atom is -0.383 e. The Morgan fingerprint density at radius 1 is 1.62 bits per heavy atom. The number of nitrogens with two attached hydrogens (primary N) is 1. The molecule has 13 heavy (non-hydrogen) atoms. The normalized spacial score (nSPS) is 11.0. The molecule has 0 amide bonds. The van der Waals surface area contributed by atoms with E-state index in [1.54, 1.807) is 0 Å². The highest BCUT2D eigenvalue weighted by atomic mass is 127. The molecule has 2 aromatic rings. The molecule has 0 aromatic carbocycles. The molecule has 2 rings (SSSR count). The van der Waals surface area contributed by atoms with E-state index in [1.165, 1.54) is 10.7 Å². The fraction of sp³-hybridized carbons (Fsp3) is 0.143. The zero-order valence-electron chi connectivity index (χ0n) is 6.75. The minimum atomic E-state index is 0.520. The second-order valence-electron chi connectivity index (χ2n) is 2.62. The number of halogens is 2. The summed E-state index contributed by atoms with van der Waals surface area (Å²) < 4.78 is 2.45. The van der Waals surface area contributed by atoms with Crippen LogP contribution in [0.5, 0.6) is 0 Å². The van der Waals surface area contributed by atoms with E-state index in [-0.39, 0.29) is 0 Å². The first kappa shape index (κ1) is 9.01. The van der Waals surface area contributed by atoms with Gasteiger partial charge in [0.25, 0.3) is 0 Å². The molecule has 0 aliphatic heterocycles. The van der Waals surface area contributed by atoms with Crippen LogP contribution in [0.4, 0.5) is 5.82 Å². The lowest BCUT2D eigenvalue weighted by Gasteiger charge is -2.03. The average Bonchev–Trinajstić information content (AvgIpc) is 2.45. The SMILES string of the molecule is Cc1nc2c(Cl)cnn2c(N)c1I. The lowest BCUT2D eigenvalue weighted by molar-refractivity contribution is 0.935. The van der Waals surface area contributed by atoms with Crippen LogP contribution in [-0.2, 0) is 0 Å². The highest BCUT2D eigenvalue weighted by molar-refractivity contribution is 14.1. The second kappa shape index (κ2) is 2.98. The van der Waals surface area contributed by atoms with E-state index in [0.717, 1.165) is 9.26 Å². The Bertz CT molecular complexity index is 479. The van der Waals surface area contributed by atoms with Gasteiger partial charge in [0, 0.05) is 0 Å². The van der Waals surface area contributed by atoms with Crippen LogP contribution < -0.4 is 5.73 Å². The van der Waals surface area contributed by atoms with Gasteiger partial charge >= 0.3 is 0 Å². The summed E-state index contributed by atoms with van der Waals surface area (Å²) in [7, 11) is 0. The molecule has 0 spiro atoms. The molecule has 2 aromatic heterocycles. The van der Waals surface area contributed by atoms with Gasteiger partial charge in [0.2, 0.25) is 0 Å². The van der Waals surface area contributed by atoms with Gasteiger partial charge in [0.05, 0.1) is 15.5 Å². The summed E-state index contributed by atoms with van der Waals surface area (Å²) in [6.45, 7) is 1.89. The molecule has 0 saturated carbocycles. The van der Waals surface area contributed by atoms with Gasteiger partial charge in [0.1, 0.15) is 10.8 Å². The van der Waals surface area contributed by atoms with Crippen molar-refractivity contribution in [2.75, 3.05) is 5.73 Å². The fourth-order valence-electron chi connectivity index (χ4n) is 1.09. The molecule has 0 unspecified atom stereocenters. The van der Waals surface area contributed by atoms with Gasteiger partial charge in [0.15, 0.2) is 5.65 Å². The summed E-state index contributed by atoms with van der Waals surface area (Å²) in [5.41, 5.74) is 7.30. The number of hydrogen-bond acceptors (Lipinski definition) is 3. The number of anilines is 1. The van der Waals surface area contributed by atoms with Crippen molar-refractivity contribution >= 4 is 45.7 Å². The first-order valence-electron chi connectivity index (χ1n) is 3.56. The zero-order valence-corrected chi connectivity index (χ0v) is 9.67. The van der Waals surface area contributed by atoms with E-state index in [0.29, 0.717) is 16.5 Å². The van der Waals surface area contributed by atoms with E-state index < -0.39 is 0 Å². The molecule has 0 fully saturated rings. The molecular formula is C7H6ClIN4. The molecule has 0 radical (unpaired) electrons. The molecule has 68 valence electrons. The van der Waals surface area contributed by atoms with Crippen molar-refractivity contribution in [3.05, 3.63) is 20.5 Å². The van der Waals surface area contributed by atoms with Crippen molar-refractivity contribution in [3.63, 3.8) is 0 Å². The van der Waals surface area contributed by atoms with Crippen LogP contribution in [0.3, 0.4) is 0 Å². The van der Waals surface area contributed by atoms with Gasteiger partial charge in [-0.05, 0) is 29.5 Å². The standard InChI is InChI=1S/C7H6ClIN4/c1-3-5(9)6(10)13-7(12-3)4(8)2-11-13/h2H,10H2,1H3. The van der Waals surface area contributed by atoms with Gasteiger partial charge < -0.3 is 5.73 Å². The predicted octanol–water partition coefficient (Wildman–Crippen LogP) is 1.88. The number of aryl methyl sites for hydroxylation is 1. The summed E-state index contributed by atoms with van der Waals surface area (Å²) in [5, 5.41) is 4.53. The summed E-state index contributed by atoms with van der Waals surface area (Å²) in [5.74, 6) is 0.579. The van der Waals surface area contributed by atoms with E-state index in [2.05, 4.69) is 32.7 Å². The van der Waals surface area contributed by atoms with Crippen LogP contribution in [0, 0.1) is 10.5 Å². The molecule has 0 aliphatic rings. The third-order valence-electron chi connectivity index (χ3n) is 1.75.